The fourth-order valence-electron chi connectivity index (χ4n) is 4.69. The molecule has 3 aromatic heterocycles. The fourth-order valence-corrected chi connectivity index (χ4v) is 5.48. The van der Waals surface area contributed by atoms with E-state index in [1.807, 2.05) is 30.1 Å². The summed E-state index contributed by atoms with van der Waals surface area (Å²) in [6.07, 6.45) is 2.17. The molecule has 0 saturated carbocycles. The van der Waals surface area contributed by atoms with Crippen LogP contribution in [0.3, 0.4) is 0 Å². The predicted molar refractivity (Wildman–Crippen MR) is 144 cm³/mol. The van der Waals surface area contributed by atoms with Gasteiger partial charge < -0.3 is 4.74 Å². The van der Waals surface area contributed by atoms with Gasteiger partial charge in [-0.25, -0.2) is 13.6 Å². The summed E-state index contributed by atoms with van der Waals surface area (Å²) in [5.41, 5.74) is 3.06. The van der Waals surface area contributed by atoms with Crippen LogP contribution in [0.1, 0.15) is 25.8 Å². The molecule has 1 aliphatic heterocycles. The Hall–Kier alpha value is -3.64. The van der Waals surface area contributed by atoms with Gasteiger partial charge in [0.05, 0.1) is 17.6 Å². The Morgan fingerprint density at radius 2 is 1.82 bits per heavy atom. The van der Waals surface area contributed by atoms with Crippen molar-refractivity contribution in [1.82, 2.24) is 24.2 Å². The van der Waals surface area contributed by atoms with Crippen LogP contribution in [0.25, 0.3) is 28.0 Å². The summed E-state index contributed by atoms with van der Waals surface area (Å²) >= 11 is 0. The van der Waals surface area contributed by atoms with Crippen molar-refractivity contribution in [3.05, 3.63) is 60.3 Å². The number of hydrogen-bond donors (Lipinski definition) is 0. The van der Waals surface area contributed by atoms with E-state index in [-0.39, 0.29) is 5.54 Å². The van der Waals surface area contributed by atoms with Crippen molar-refractivity contribution in [2.75, 3.05) is 13.1 Å². The van der Waals surface area contributed by atoms with Crippen molar-refractivity contribution in [2.45, 2.75) is 38.6 Å². The van der Waals surface area contributed by atoms with Crippen LogP contribution in [0.2, 0.25) is 0 Å². The summed E-state index contributed by atoms with van der Waals surface area (Å²) in [5.74, 6) is -2.03. The number of aryl methyl sites for hydroxylation is 2. The van der Waals surface area contributed by atoms with Crippen LogP contribution in [0, 0.1) is 5.82 Å². The molecule has 39 heavy (non-hydrogen) atoms. The fraction of sp³-hybridized carbons (Fsp3) is 0.333. The average molecular weight is 562 g/mol. The molecule has 4 heterocycles. The Labute approximate surface area is 224 Å². The molecule has 0 amide bonds. The van der Waals surface area contributed by atoms with Gasteiger partial charge in [-0.15, -0.1) is 13.2 Å². The molecular weight excluding hydrogens is 534 g/mol. The number of pyridine rings is 1. The largest absolute Gasteiger partial charge is 0.573 e. The Morgan fingerprint density at radius 1 is 1.08 bits per heavy atom. The van der Waals surface area contributed by atoms with Crippen LogP contribution in [0.4, 0.5) is 17.6 Å². The number of rotatable bonds is 7. The van der Waals surface area contributed by atoms with E-state index < -0.39 is 27.9 Å². The standard InChI is InChI=1S/C27H27F4N5O2S/c1-26(2,35-10-12-39(37)13-11-35)9-8-19-16-36(20-15-32-34(3)17-20)25-21(19)5-6-23(33-25)18-4-7-24(22(28)14-18)38-27(29,30)31/h4-7,12-17H,8-11H2,1-3H3. The summed E-state index contributed by atoms with van der Waals surface area (Å²) < 4.78 is 71.1. The van der Waals surface area contributed by atoms with Gasteiger partial charge in [0, 0.05) is 69.7 Å². The van der Waals surface area contributed by atoms with E-state index in [9.17, 15) is 21.8 Å². The second-order valence-electron chi connectivity index (χ2n) is 10.0. The van der Waals surface area contributed by atoms with E-state index in [4.69, 9.17) is 4.98 Å². The second kappa shape index (κ2) is 10.2. The van der Waals surface area contributed by atoms with E-state index in [0.717, 1.165) is 41.6 Å². The van der Waals surface area contributed by atoms with Gasteiger partial charge in [0.1, 0.15) is 5.65 Å². The zero-order valence-corrected chi connectivity index (χ0v) is 22.4. The molecule has 12 heteroatoms. The molecule has 0 saturated heterocycles. The topological polar surface area (TPSA) is 65.2 Å². The Bertz CT molecular complexity index is 1670. The molecule has 206 valence electrons. The molecule has 0 N–H and O–H groups in total. The summed E-state index contributed by atoms with van der Waals surface area (Å²) in [7, 11) is 0.823. The highest BCUT2D eigenvalue weighted by Gasteiger charge is 2.32. The Kier molecular flexibility index (Phi) is 7.02. The third-order valence-electron chi connectivity index (χ3n) is 6.94. The molecule has 0 unspecified atom stereocenters. The van der Waals surface area contributed by atoms with Gasteiger partial charge in [0.25, 0.3) is 0 Å². The van der Waals surface area contributed by atoms with Crippen molar-refractivity contribution in [3.8, 4) is 22.7 Å². The lowest BCUT2D eigenvalue weighted by molar-refractivity contribution is -0.275. The zero-order chi connectivity index (χ0) is 27.9. The van der Waals surface area contributed by atoms with Crippen LogP contribution in [-0.2, 0) is 23.4 Å². The van der Waals surface area contributed by atoms with Crippen LogP contribution in [-0.4, -0.2) is 64.2 Å². The Morgan fingerprint density at radius 3 is 2.46 bits per heavy atom. The van der Waals surface area contributed by atoms with Crippen molar-refractivity contribution >= 4 is 31.7 Å². The highest BCUT2D eigenvalue weighted by Crippen LogP contribution is 2.32. The quantitative estimate of drug-likeness (QED) is 0.239. The highest BCUT2D eigenvalue weighted by molar-refractivity contribution is 7.82. The van der Waals surface area contributed by atoms with E-state index in [0.29, 0.717) is 30.0 Å². The molecule has 1 aliphatic rings. The first-order valence-corrected chi connectivity index (χ1v) is 13.5. The van der Waals surface area contributed by atoms with Gasteiger partial charge in [0.2, 0.25) is 0 Å². The van der Waals surface area contributed by atoms with Crippen LogP contribution >= 0.6 is 0 Å². The minimum absolute atomic E-state index is 0.147. The highest BCUT2D eigenvalue weighted by atomic mass is 32.1. The number of halogens is 4. The molecule has 1 aromatic carbocycles. The van der Waals surface area contributed by atoms with Crippen LogP contribution < -0.4 is 4.74 Å². The molecule has 0 radical (unpaired) electrons. The number of hydrogen-bond acceptors (Lipinski definition) is 5. The van der Waals surface area contributed by atoms with Crippen molar-refractivity contribution in [1.29, 1.82) is 0 Å². The van der Waals surface area contributed by atoms with Gasteiger partial charge in [0.15, 0.2) is 11.6 Å². The normalized spacial score (nSPS) is 14.9. The predicted octanol–water partition coefficient (Wildman–Crippen LogP) is 4.84. The molecule has 0 spiro atoms. The maximum absolute atomic E-state index is 14.4. The number of alkyl halides is 3. The number of benzene rings is 1. The number of aromatic nitrogens is 4. The molecule has 7 nitrogen and oxygen atoms in total. The lowest BCUT2D eigenvalue weighted by atomic mass is 9.93. The minimum Gasteiger partial charge on any atom is -0.403 e. The van der Waals surface area contributed by atoms with Crippen molar-refractivity contribution in [3.63, 3.8) is 0 Å². The van der Waals surface area contributed by atoms with Crippen LogP contribution in [0.5, 0.6) is 5.75 Å². The van der Waals surface area contributed by atoms with E-state index in [1.54, 1.807) is 27.7 Å². The van der Waals surface area contributed by atoms with Gasteiger partial charge in [-0.2, -0.15) is 5.10 Å². The maximum Gasteiger partial charge on any atom is 0.573 e. The molecule has 0 bridgehead atoms. The lowest BCUT2D eigenvalue weighted by Gasteiger charge is -2.38. The smallest absolute Gasteiger partial charge is 0.403 e. The van der Waals surface area contributed by atoms with E-state index in [2.05, 4.69) is 28.6 Å². The van der Waals surface area contributed by atoms with Crippen LogP contribution in [0.15, 0.2) is 48.9 Å². The maximum atomic E-state index is 14.4. The van der Waals surface area contributed by atoms with Gasteiger partial charge in [-0.1, -0.05) is 0 Å². The third-order valence-corrected chi connectivity index (χ3v) is 7.89. The molecular formula is C27H27F4N5O2S. The van der Waals surface area contributed by atoms with E-state index >= 15 is 0 Å². The number of fused-ring (bicyclic) bond motifs is 1. The lowest BCUT2D eigenvalue weighted by Crippen LogP contribution is -2.47. The zero-order valence-electron chi connectivity index (χ0n) is 21.6. The molecule has 0 aliphatic carbocycles. The summed E-state index contributed by atoms with van der Waals surface area (Å²) in [6, 6.07) is 6.90. The monoisotopic (exact) mass is 561 g/mol. The SMILES string of the molecule is Cn1cc(-n2cc(CCC(C)(C)N3CC=S(=O)=CC3)c3ccc(-c4ccc(OC(F)(F)F)c(F)c4)nc32)cn1. The minimum atomic E-state index is -4.99. The first-order chi connectivity index (χ1) is 18.4. The first-order valence-electron chi connectivity index (χ1n) is 12.3. The van der Waals surface area contributed by atoms with Gasteiger partial charge in [-0.05, 0) is 62.6 Å². The van der Waals surface area contributed by atoms with E-state index in [1.165, 1.54) is 6.07 Å². The van der Waals surface area contributed by atoms with Crippen molar-refractivity contribution < 1.29 is 26.5 Å². The second-order valence-corrected chi connectivity index (χ2v) is 11.4. The number of ether oxygens (including phenoxy) is 1. The molecule has 5 rings (SSSR count). The Balaban J connectivity index is 1.49. The average Bonchev–Trinajstić information content (AvgIpc) is 3.46. The summed E-state index contributed by atoms with van der Waals surface area (Å²) in [6.45, 7) is 5.64. The first kappa shape index (κ1) is 26.9. The van der Waals surface area contributed by atoms with Gasteiger partial charge in [-0.3, -0.25) is 14.1 Å². The molecule has 4 aromatic rings. The van der Waals surface area contributed by atoms with Gasteiger partial charge >= 0.3 is 6.36 Å². The molecule has 0 atom stereocenters. The summed E-state index contributed by atoms with van der Waals surface area (Å²) in [4.78, 5) is 7.07. The molecule has 0 fully saturated rings. The third kappa shape index (κ3) is 5.86. The summed E-state index contributed by atoms with van der Waals surface area (Å²) in [5, 5.41) is 8.78. The number of nitrogens with zero attached hydrogens (tertiary/aromatic N) is 5. The van der Waals surface area contributed by atoms with Crippen molar-refractivity contribution in [2.24, 2.45) is 7.05 Å².